The van der Waals surface area contributed by atoms with Crippen LogP contribution in [-0.4, -0.2) is 5.97 Å². The van der Waals surface area contributed by atoms with E-state index in [1.54, 1.807) is 0 Å². The van der Waals surface area contributed by atoms with Gasteiger partial charge in [0.15, 0.2) is 0 Å². The van der Waals surface area contributed by atoms with E-state index in [-0.39, 0.29) is 5.92 Å². The molecule has 0 fully saturated rings. The Kier molecular flexibility index (Phi) is 10.7. The second-order valence-electron chi connectivity index (χ2n) is 9.79. The minimum atomic E-state index is -1.37. The molecule has 1 unspecified atom stereocenters. The highest BCUT2D eigenvalue weighted by atomic mass is 16.9. The van der Waals surface area contributed by atoms with Crippen LogP contribution in [-0.2, 0) is 6.42 Å². The van der Waals surface area contributed by atoms with Crippen molar-refractivity contribution in [2.45, 2.75) is 64.3 Å². The van der Waals surface area contributed by atoms with Crippen molar-refractivity contribution in [1.29, 1.82) is 0 Å². The van der Waals surface area contributed by atoms with E-state index in [0.29, 0.717) is 17.2 Å². The molecular formula is C35H40O3. The van der Waals surface area contributed by atoms with Crippen molar-refractivity contribution in [2.75, 3.05) is 0 Å². The van der Waals surface area contributed by atoms with Gasteiger partial charge in [-0.05, 0) is 54.8 Å². The van der Waals surface area contributed by atoms with Gasteiger partial charge < -0.3 is 14.2 Å². The van der Waals surface area contributed by atoms with Crippen LogP contribution in [0.3, 0.4) is 0 Å². The van der Waals surface area contributed by atoms with Gasteiger partial charge in [-0.3, -0.25) is 0 Å². The fourth-order valence-electron chi connectivity index (χ4n) is 4.74. The van der Waals surface area contributed by atoms with Crippen molar-refractivity contribution >= 4 is 0 Å². The zero-order valence-electron chi connectivity index (χ0n) is 22.5. The molecule has 3 heteroatoms. The first-order valence-electron chi connectivity index (χ1n) is 14.0. The minimum absolute atomic E-state index is 0.0725. The van der Waals surface area contributed by atoms with Gasteiger partial charge in [-0.15, -0.1) is 0 Å². The molecule has 1 atom stereocenters. The molecule has 0 heterocycles. The molecule has 0 spiro atoms. The van der Waals surface area contributed by atoms with Crippen LogP contribution < -0.4 is 14.2 Å². The first-order valence-corrected chi connectivity index (χ1v) is 14.0. The number of unbranched alkanes of at least 4 members (excludes halogenated alkanes) is 5. The molecule has 0 aliphatic heterocycles. The molecule has 198 valence electrons. The zero-order chi connectivity index (χ0) is 26.3. The Bertz CT molecular complexity index is 1050. The Labute approximate surface area is 228 Å². The lowest BCUT2D eigenvalue weighted by molar-refractivity contribution is -0.287. The van der Waals surface area contributed by atoms with E-state index < -0.39 is 5.97 Å². The van der Waals surface area contributed by atoms with Crippen molar-refractivity contribution in [3.8, 4) is 17.2 Å². The summed E-state index contributed by atoms with van der Waals surface area (Å²) in [6.45, 7) is 2.26. The fraction of sp³-hybridized carbons (Fsp3) is 0.314. The minimum Gasteiger partial charge on any atom is -0.420 e. The number of benzene rings is 4. The third kappa shape index (κ3) is 8.41. The van der Waals surface area contributed by atoms with Crippen LogP contribution in [0.1, 0.15) is 57.4 Å². The van der Waals surface area contributed by atoms with Crippen molar-refractivity contribution in [3.63, 3.8) is 0 Å². The SMILES string of the molecule is CCCCCCCCC(Cc1ccccc1)C(Oc1ccccc1)(Oc1ccccc1)Oc1ccccc1. The highest BCUT2D eigenvalue weighted by molar-refractivity contribution is 5.27. The summed E-state index contributed by atoms with van der Waals surface area (Å²) in [5.41, 5.74) is 1.23. The van der Waals surface area contributed by atoms with Crippen LogP contribution in [0, 0.1) is 5.92 Å². The van der Waals surface area contributed by atoms with Gasteiger partial charge in [0.25, 0.3) is 0 Å². The van der Waals surface area contributed by atoms with E-state index >= 15 is 0 Å². The number of ether oxygens (including phenoxy) is 3. The number of para-hydroxylation sites is 3. The topological polar surface area (TPSA) is 27.7 Å². The van der Waals surface area contributed by atoms with Crippen LogP contribution in [0.15, 0.2) is 121 Å². The van der Waals surface area contributed by atoms with Crippen molar-refractivity contribution in [3.05, 3.63) is 127 Å². The summed E-state index contributed by atoms with van der Waals surface area (Å²) < 4.78 is 20.4. The fourth-order valence-corrected chi connectivity index (χ4v) is 4.74. The summed E-state index contributed by atoms with van der Waals surface area (Å²) in [6, 6.07) is 40.2. The molecule has 38 heavy (non-hydrogen) atoms. The van der Waals surface area contributed by atoms with Crippen LogP contribution in [0.4, 0.5) is 0 Å². The van der Waals surface area contributed by atoms with Gasteiger partial charge in [-0.1, -0.05) is 130 Å². The Morgan fingerprint density at radius 1 is 0.500 bits per heavy atom. The highest BCUT2D eigenvalue weighted by Gasteiger charge is 2.47. The summed E-state index contributed by atoms with van der Waals surface area (Å²) in [7, 11) is 0. The van der Waals surface area contributed by atoms with Crippen LogP contribution in [0.25, 0.3) is 0 Å². The molecule has 3 nitrogen and oxygen atoms in total. The predicted octanol–water partition coefficient (Wildman–Crippen LogP) is 9.49. The summed E-state index contributed by atoms with van der Waals surface area (Å²) >= 11 is 0. The standard InChI is InChI=1S/C35H40O3/c1-2-3-4-5-6-13-22-31(29-30-20-11-7-12-21-30)35(36-32-23-14-8-15-24-32,37-33-25-16-9-17-26-33)38-34-27-18-10-19-28-34/h7-12,14-21,23-28,31H,2-6,13,22,29H2,1H3. The highest BCUT2D eigenvalue weighted by Crippen LogP contribution is 2.37. The first-order chi connectivity index (χ1) is 18.8. The molecule has 0 bridgehead atoms. The third-order valence-electron chi connectivity index (χ3n) is 6.74. The second-order valence-corrected chi connectivity index (χ2v) is 9.79. The second kappa shape index (κ2) is 14.9. The number of rotatable bonds is 16. The maximum Gasteiger partial charge on any atom is 0.420 e. The molecule has 0 saturated carbocycles. The van der Waals surface area contributed by atoms with Crippen molar-refractivity contribution in [2.24, 2.45) is 5.92 Å². The summed E-state index contributed by atoms with van der Waals surface area (Å²) in [5.74, 6) is 0.682. The van der Waals surface area contributed by atoms with Gasteiger partial charge >= 0.3 is 5.97 Å². The molecule has 0 saturated heterocycles. The summed E-state index contributed by atoms with van der Waals surface area (Å²) in [4.78, 5) is 0. The van der Waals surface area contributed by atoms with E-state index in [9.17, 15) is 0 Å². The average Bonchev–Trinajstić information content (AvgIpc) is 2.96. The van der Waals surface area contributed by atoms with Gasteiger partial charge in [-0.25, -0.2) is 0 Å². The monoisotopic (exact) mass is 508 g/mol. The Morgan fingerprint density at radius 3 is 1.34 bits per heavy atom. The van der Waals surface area contributed by atoms with Gasteiger partial charge in [-0.2, -0.15) is 0 Å². The van der Waals surface area contributed by atoms with E-state index in [1.165, 1.54) is 37.7 Å². The van der Waals surface area contributed by atoms with E-state index in [4.69, 9.17) is 14.2 Å². The maximum atomic E-state index is 6.80. The van der Waals surface area contributed by atoms with Crippen molar-refractivity contribution in [1.82, 2.24) is 0 Å². The van der Waals surface area contributed by atoms with E-state index in [2.05, 4.69) is 37.3 Å². The average molecular weight is 509 g/mol. The third-order valence-corrected chi connectivity index (χ3v) is 6.74. The molecule has 0 N–H and O–H groups in total. The summed E-state index contributed by atoms with van der Waals surface area (Å²) in [5, 5.41) is 0. The molecule has 4 rings (SSSR count). The van der Waals surface area contributed by atoms with Gasteiger partial charge in [0.05, 0.1) is 5.92 Å². The Hall–Kier alpha value is -3.72. The lowest BCUT2D eigenvalue weighted by Gasteiger charge is -2.40. The Morgan fingerprint density at radius 2 is 0.895 bits per heavy atom. The van der Waals surface area contributed by atoms with Crippen LogP contribution in [0.5, 0.6) is 17.2 Å². The number of hydrogen-bond donors (Lipinski definition) is 0. The van der Waals surface area contributed by atoms with E-state index in [0.717, 1.165) is 19.3 Å². The van der Waals surface area contributed by atoms with Crippen molar-refractivity contribution < 1.29 is 14.2 Å². The Balaban J connectivity index is 1.73. The van der Waals surface area contributed by atoms with Gasteiger partial charge in [0.1, 0.15) is 17.2 Å². The molecular weight excluding hydrogens is 468 g/mol. The quantitative estimate of drug-likeness (QED) is 0.111. The first kappa shape index (κ1) is 27.3. The molecule has 0 aliphatic rings. The molecule has 4 aromatic rings. The molecule has 0 aromatic heterocycles. The summed E-state index contributed by atoms with van der Waals surface area (Å²) in [6.07, 6.45) is 9.02. The molecule has 4 aromatic carbocycles. The van der Waals surface area contributed by atoms with Crippen LogP contribution >= 0.6 is 0 Å². The molecule has 0 amide bonds. The largest absolute Gasteiger partial charge is 0.420 e. The van der Waals surface area contributed by atoms with E-state index in [1.807, 2.05) is 91.0 Å². The lowest BCUT2D eigenvalue weighted by atomic mass is 9.90. The number of hydrogen-bond acceptors (Lipinski definition) is 3. The predicted molar refractivity (Wildman–Crippen MR) is 156 cm³/mol. The smallest absolute Gasteiger partial charge is 0.420 e. The lowest BCUT2D eigenvalue weighted by Crippen LogP contribution is -2.55. The normalized spacial score (nSPS) is 12.0. The molecule has 0 aliphatic carbocycles. The van der Waals surface area contributed by atoms with Gasteiger partial charge in [0.2, 0.25) is 0 Å². The van der Waals surface area contributed by atoms with Gasteiger partial charge in [0, 0.05) is 0 Å². The van der Waals surface area contributed by atoms with Crippen LogP contribution in [0.2, 0.25) is 0 Å². The zero-order valence-corrected chi connectivity index (χ0v) is 22.5. The maximum absolute atomic E-state index is 6.80. The molecule has 0 radical (unpaired) electrons.